The van der Waals surface area contributed by atoms with E-state index in [-0.39, 0.29) is 23.2 Å². The van der Waals surface area contributed by atoms with Gasteiger partial charge in [0.2, 0.25) is 10.0 Å². The Morgan fingerprint density at radius 1 is 1.57 bits per heavy atom. The number of alkyl carbamates (subject to hydrolysis) is 1. The molecule has 112 valence electrons. The van der Waals surface area contributed by atoms with Crippen LogP contribution >= 0.6 is 0 Å². The number of sulfonamides is 1. The maximum absolute atomic E-state index is 12.4. The molecule has 1 unspecified atom stereocenters. The number of carbonyl (C=O) groups is 1. The van der Waals surface area contributed by atoms with E-state index in [9.17, 15) is 13.2 Å². The quantitative estimate of drug-likeness (QED) is 0.845. The molecular weight excluding hydrogens is 296 g/mol. The number of nitrogens with zero attached hydrogens (tertiary/aromatic N) is 3. The topological polar surface area (TPSA) is 112 Å². The first-order valence-corrected chi connectivity index (χ1v) is 7.62. The van der Waals surface area contributed by atoms with E-state index in [1.807, 2.05) is 6.07 Å². The van der Waals surface area contributed by atoms with Crippen LogP contribution in [0.4, 0.5) is 4.79 Å². The minimum absolute atomic E-state index is 0.0280. The molecule has 1 atom stereocenters. The minimum atomic E-state index is -3.67. The van der Waals surface area contributed by atoms with E-state index in [4.69, 9.17) is 5.26 Å². The number of carbonyl (C=O) groups excluding carboxylic acids is 1. The van der Waals surface area contributed by atoms with Gasteiger partial charge < -0.3 is 10.1 Å². The average molecular weight is 310 g/mol. The number of nitrogens with one attached hydrogen (secondary N) is 1. The van der Waals surface area contributed by atoms with Gasteiger partial charge in [-0.15, -0.1) is 0 Å². The molecule has 21 heavy (non-hydrogen) atoms. The first kappa shape index (κ1) is 15.2. The van der Waals surface area contributed by atoms with Gasteiger partial charge in [-0.1, -0.05) is 0 Å². The number of hydrogen-bond acceptors (Lipinski definition) is 6. The van der Waals surface area contributed by atoms with Gasteiger partial charge in [-0.25, -0.2) is 18.2 Å². The van der Waals surface area contributed by atoms with Crippen molar-refractivity contribution in [2.45, 2.75) is 17.4 Å². The van der Waals surface area contributed by atoms with Gasteiger partial charge in [0.05, 0.1) is 7.11 Å². The Kier molecular flexibility index (Phi) is 4.40. The molecule has 0 spiro atoms. The predicted octanol–water partition coefficient (Wildman–Crippen LogP) is 0.0723. The predicted molar refractivity (Wildman–Crippen MR) is 71.7 cm³/mol. The molecule has 1 amide bonds. The highest BCUT2D eigenvalue weighted by Crippen LogP contribution is 2.20. The molecule has 0 aliphatic carbocycles. The Bertz CT molecular complexity index is 665. The maximum atomic E-state index is 12.4. The summed E-state index contributed by atoms with van der Waals surface area (Å²) in [5, 5.41) is 11.2. The van der Waals surface area contributed by atoms with Crippen LogP contribution in [0.25, 0.3) is 0 Å². The molecule has 0 aromatic carbocycles. The Morgan fingerprint density at radius 3 is 2.90 bits per heavy atom. The average Bonchev–Trinajstić information content (AvgIpc) is 2.96. The zero-order valence-electron chi connectivity index (χ0n) is 11.3. The first-order valence-electron chi connectivity index (χ1n) is 6.18. The van der Waals surface area contributed by atoms with Crippen LogP contribution in [0.2, 0.25) is 0 Å². The number of rotatable bonds is 3. The zero-order valence-corrected chi connectivity index (χ0v) is 12.1. The summed E-state index contributed by atoms with van der Waals surface area (Å²) in [6, 6.07) is 4.25. The summed E-state index contributed by atoms with van der Waals surface area (Å²) in [4.78, 5) is 14.9. The lowest BCUT2D eigenvalue weighted by atomic mass is 10.3. The van der Waals surface area contributed by atoms with Crippen molar-refractivity contribution in [2.75, 3.05) is 20.2 Å². The fraction of sp³-hybridized carbons (Fsp3) is 0.417. The molecule has 1 aliphatic heterocycles. The third-order valence-electron chi connectivity index (χ3n) is 3.15. The minimum Gasteiger partial charge on any atom is -0.453 e. The van der Waals surface area contributed by atoms with E-state index in [1.54, 1.807) is 0 Å². The molecule has 0 bridgehead atoms. The number of aromatic nitrogens is 1. The third kappa shape index (κ3) is 3.29. The van der Waals surface area contributed by atoms with Crippen LogP contribution in [0.3, 0.4) is 0 Å². The lowest BCUT2D eigenvalue weighted by molar-refractivity contribution is 0.167. The van der Waals surface area contributed by atoms with Crippen molar-refractivity contribution in [2.24, 2.45) is 0 Å². The van der Waals surface area contributed by atoms with Crippen molar-refractivity contribution in [1.82, 2.24) is 14.6 Å². The van der Waals surface area contributed by atoms with Crippen molar-refractivity contribution in [3.63, 3.8) is 0 Å². The third-order valence-corrected chi connectivity index (χ3v) is 5.00. The Labute approximate surface area is 122 Å². The standard InChI is InChI=1S/C12H14N4O4S/c1-20-12(17)15-10-4-5-16(8-10)21(18,19)11-3-2-9(6-13)14-7-11/h2-3,7,10H,4-5,8H2,1H3,(H,15,17). The molecule has 2 heterocycles. The highest BCUT2D eigenvalue weighted by molar-refractivity contribution is 7.89. The molecule has 9 heteroatoms. The van der Waals surface area contributed by atoms with Gasteiger partial charge in [-0.2, -0.15) is 9.57 Å². The summed E-state index contributed by atoms with van der Waals surface area (Å²) in [5.41, 5.74) is 0.153. The van der Waals surface area contributed by atoms with E-state index < -0.39 is 16.1 Å². The summed E-state index contributed by atoms with van der Waals surface area (Å²) in [6.45, 7) is 0.481. The van der Waals surface area contributed by atoms with Crippen molar-refractivity contribution in [3.8, 4) is 6.07 Å². The number of pyridine rings is 1. The summed E-state index contributed by atoms with van der Waals surface area (Å²) in [7, 11) is -2.42. The van der Waals surface area contributed by atoms with Gasteiger partial charge in [-0.05, 0) is 18.6 Å². The monoisotopic (exact) mass is 310 g/mol. The molecule has 1 aliphatic rings. The van der Waals surface area contributed by atoms with Crippen LogP contribution in [0.1, 0.15) is 12.1 Å². The summed E-state index contributed by atoms with van der Waals surface area (Å²) >= 11 is 0. The van der Waals surface area contributed by atoms with Gasteiger partial charge in [0.25, 0.3) is 0 Å². The molecule has 2 rings (SSSR count). The van der Waals surface area contributed by atoms with Crippen LogP contribution in [0.5, 0.6) is 0 Å². The second-order valence-corrected chi connectivity index (χ2v) is 6.41. The number of hydrogen-bond donors (Lipinski definition) is 1. The zero-order chi connectivity index (χ0) is 15.5. The van der Waals surface area contributed by atoms with Gasteiger partial charge in [0.15, 0.2) is 0 Å². The molecule has 1 aromatic rings. The summed E-state index contributed by atoms with van der Waals surface area (Å²) in [6.07, 6.45) is 1.09. The molecule has 1 N–H and O–H groups in total. The fourth-order valence-electron chi connectivity index (χ4n) is 2.04. The SMILES string of the molecule is COC(=O)NC1CCN(S(=O)(=O)c2ccc(C#N)nc2)C1. The van der Waals surface area contributed by atoms with Gasteiger partial charge in [-0.3, -0.25) is 0 Å². The first-order chi connectivity index (χ1) is 9.97. The van der Waals surface area contributed by atoms with Crippen LogP contribution in [-0.2, 0) is 14.8 Å². The molecule has 1 saturated heterocycles. The normalized spacial score (nSPS) is 19.0. The Balaban J connectivity index is 2.10. The van der Waals surface area contributed by atoms with Crippen molar-refractivity contribution in [1.29, 1.82) is 5.26 Å². The van der Waals surface area contributed by atoms with Gasteiger partial charge in [0, 0.05) is 25.3 Å². The summed E-state index contributed by atoms with van der Waals surface area (Å²) in [5.74, 6) is 0. The van der Waals surface area contributed by atoms with Crippen LogP contribution in [-0.4, -0.2) is 50.0 Å². The van der Waals surface area contributed by atoms with Crippen molar-refractivity contribution in [3.05, 3.63) is 24.0 Å². The maximum Gasteiger partial charge on any atom is 0.407 e. The molecule has 1 aromatic heterocycles. The van der Waals surface area contributed by atoms with Crippen LogP contribution in [0, 0.1) is 11.3 Å². The highest BCUT2D eigenvalue weighted by Gasteiger charge is 2.33. The molecular formula is C12H14N4O4S. The second-order valence-electron chi connectivity index (χ2n) is 4.48. The van der Waals surface area contributed by atoms with Gasteiger partial charge >= 0.3 is 6.09 Å². The molecule has 1 fully saturated rings. The van der Waals surface area contributed by atoms with Crippen LogP contribution in [0.15, 0.2) is 23.2 Å². The largest absolute Gasteiger partial charge is 0.453 e. The van der Waals surface area contributed by atoms with E-state index >= 15 is 0 Å². The van der Waals surface area contributed by atoms with Crippen LogP contribution < -0.4 is 5.32 Å². The van der Waals surface area contributed by atoms with E-state index in [0.717, 1.165) is 6.20 Å². The van der Waals surface area contributed by atoms with E-state index in [1.165, 1.54) is 23.5 Å². The van der Waals surface area contributed by atoms with Crippen molar-refractivity contribution < 1.29 is 17.9 Å². The number of methoxy groups -OCH3 is 1. The fourth-order valence-corrected chi connectivity index (χ4v) is 3.48. The Hall–Kier alpha value is -2.18. The highest BCUT2D eigenvalue weighted by atomic mass is 32.2. The molecule has 0 saturated carbocycles. The van der Waals surface area contributed by atoms with Crippen molar-refractivity contribution >= 4 is 16.1 Å². The van der Waals surface area contributed by atoms with Gasteiger partial charge in [0.1, 0.15) is 16.7 Å². The number of nitriles is 1. The lowest BCUT2D eigenvalue weighted by Gasteiger charge is -2.16. The number of ether oxygens (including phenoxy) is 1. The smallest absolute Gasteiger partial charge is 0.407 e. The van der Waals surface area contributed by atoms with E-state index in [0.29, 0.717) is 13.0 Å². The molecule has 0 radical (unpaired) electrons. The lowest BCUT2D eigenvalue weighted by Crippen LogP contribution is -2.38. The second kappa shape index (κ2) is 6.07. The van der Waals surface area contributed by atoms with E-state index in [2.05, 4.69) is 15.0 Å². The Morgan fingerprint density at radius 2 is 2.33 bits per heavy atom. The molecule has 8 nitrogen and oxygen atoms in total. The summed E-state index contributed by atoms with van der Waals surface area (Å²) < 4.78 is 30.5. The number of amides is 1.